The molecule has 0 aromatic heterocycles. The number of nitrogens with one attached hydrogen (secondary N) is 2. The molecule has 17 heavy (non-hydrogen) atoms. The van der Waals surface area contributed by atoms with Gasteiger partial charge in [-0.25, -0.2) is 4.39 Å². The summed E-state index contributed by atoms with van der Waals surface area (Å²) < 4.78 is 13.4. The van der Waals surface area contributed by atoms with Crippen molar-refractivity contribution >= 4 is 11.6 Å². The van der Waals surface area contributed by atoms with Gasteiger partial charge in [0.2, 0.25) is 5.91 Å². The van der Waals surface area contributed by atoms with Gasteiger partial charge in [-0.3, -0.25) is 4.79 Å². The van der Waals surface area contributed by atoms with Crippen molar-refractivity contribution in [3.63, 3.8) is 0 Å². The Labute approximate surface area is 99.4 Å². The predicted molar refractivity (Wildman–Crippen MR) is 62.9 cm³/mol. The van der Waals surface area contributed by atoms with Crippen molar-refractivity contribution in [3.05, 3.63) is 29.6 Å². The number of halogens is 1. The number of nitrogens with zero attached hydrogens (tertiary/aromatic N) is 1. The first-order chi connectivity index (χ1) is 8.15. The normalized spacial score (nSPS) is 9.47. The smallest absolute Gasteiger partial charge is 0.239 e. The number of carbonyl (C=O) groups is 1. The second kappa shape index (κ2) is 6.48. The van der Waals surface area contributed by atoms with Gasteiger partial charge in [0.1, 0.15) is 5.82 Å². The van der Waals surface area contributed by atoms with Crippen LogP contribution in [0.15, 0.2) is 18.2 Å². The number of para-hydroxylation sites is 1. The van der Waals surface area contributed by atoms with Crippen LogP contribution in [0.25, 0.3) is 0 Å². The topological polar surface area (TPSA) is 64.9 Å². The minimum Gasteiger partial charge on any atom is -0.374 e. The molecule has 1 amide bonds. The number of amides is 1. The monoisotopic (exact) mass is 235 g/mol. The number of anilines is 1. The number of hydrogen-bond acceptors (Lipinski definition) is 3. The molecule has 0 aliphatic rings. The van der Waals surface area contributed by atoms with Crippen LogP contribution < -0.4 is 10.6 Å². The Morgan fingerprint density at radius 1 is 1.53 bits per heavy atom. The fourth-order valence-corrected chi connectivity index (χ4v) is 1.34. The van der Waals surface area contributed by atoms with Gasteiger partial charge in [-0.1, -0.05) is 12.1 Å². The zero-order valence-electron chi connectivity index (χ0n) is 9.59. The zero-order chi connectivity index (χ0) is 12.7. The quantitative estimate of drug-likeness (QED) is 0.761. The maximum absolute atomic E-state index is 13.4. The Bertz CT molecular complexity index is 420. The molecule has 1 rings (SSSR count). The molecule has 0 aliphatic heterocycles. The maximum Gasteiger partial charge on any atom is 0.239 e. The molecular formula is C12H14FN3O. The van der Waals surface area contributed by atoms with Crippen molar-refractivity contribution in [1.82, 2.24) is 5.32 Å². The molecule has 5 heteroatoms. The fourth-order valence-electron chi connectivity index (χ4n) is 1.34. The molecule has 0 heterocycles. The van der Waals surface area contributed by atoms with Gasteiger partial charge < -0.3 is 10.6 Å². The molecule has 0 fully saturated rings. The molecule has 0 atom stereocenters. The summed E-state index contributed by atoms with van der Waals surface area (Å²) in [7, 11) is 0. The molecular weight excluding hydrogens is 221 g/mol. The van der Waals surface area contributed by atoms with E-state index in [1.807, 2.05) is 6.07 Å². The highest BCUT2D eigenvalue weighted by Crippen LogP contribution is 2.17. The van der Waals surface area contributed by atoms with Crippen molar-refractivity contribution in [1.29, 1.82) is 5.26 Å². The maximum atomic E-state index is 13.4. The fraction of sp³-hybridized carbons (Fsp3) is 0.333. The Balaban J connectivity index is 2.45. The van der Waals surface area contributed by atoms with E-state index in [9.17, 15) is 9.18 Å². The molecule has 0 radical (unpaired) electrons. The number of hydrogen-bond donors (Lipinski definition) is 2. The van der Waals surface area contributed by atoms with Gasteiger partial charge in [-0.15, -0.1) is 0 Å². The number of aryl methyl sites for hydroxylation is 1. The van der Waals surface area contributed by atoms with Crippen LogP contribution in [0.1, 0.15) is 12.0 Å². The van der Waals surface area contributed by atoms with Gasteiger partial charge >= 0.3 is 0 Å². The lowest BCUT2D eigenvalue weighted by molar-refractivity contribution is -0.119. The Hall–Kier alpha value is -2.09. The van der Waals surface area contributed by atoms with E-state index in [0.717, 1.165) is 5.56 Å². The van der Waals surface area contributed by atoms with Crippen LogP contribution in [-0.2, 0) is 4.79 Å². The van der Waals surface area contributed by atoms with Crippen LogP contribution >= 0.6 is 0 Å². The highest BCUT2D eigenvalue weighted by molar-refractivity contribution is 5.80. The third-order valence-corrected chi connectivity index (χ3v) is 2.21. The lowest BCUT2D eigenvalue weighted by atomic mass is 10.2. The molecule has 0 saturated heterocycles. The van der Waals surface area contributed by atoms with Crippen molar-refractivity contribution in [2.45, 2.75) is 13.3 Å². The number of rotatable bonds is 5. The molecule has 0 aliphatic carbocycles. The van der Waals surface area contributed by atoms with Crippen LogP contribution in [0, 0.1) is 24.1 Å². The van der Waals surface area contributed by atoms with Gasteiger partial charge in [0.05, 0.1) is 24.7 Å². The second-order valence-electron chi connectivity index (χ2n) is 3.54. The van der Waals surface area contributed by atoms with E-state index in [1.165, 1.54) is 6.07 Å². The summed E-state index contributed by atoms with van der Waals surface area (Å²) in [6.07, 6.45) is 0.268. The lowest BCUT2D eigenvalue weighted by Gasteiger charge is -2.10. The van der Waals surface area contributed by atoms with Crippen LogP contribution in [0.5, 0.6) is 0 Å². The van der Waals surface area contributed by atoms with E-state index < -0.39 is 0 Å². The SMILES string of the molecule is Cc1cccc(F)c1NCC(=O)NCCC#N. The van der Waals surface area contributed by atoms with Crippen molar-refractivity contribution in [2.75, 3.05) is 18.4 Å². The van der Waals surface area contributed by atoms with Crippen LogP contribution in [0.2, 0.25) is 0 Å². The summed E-state index contributed by atoms with van der Waals surface area (Å²) in [5.74, 6) is -0.641. The summed E-state index contributed by atoms with van der Waals surface area (Å²) in [6, 6.07) is 6.63. The number of benzene rings is 1. The highest BCUT2D eigenvalue weighted by atomic mass is 19.1. The molecule has 2 N–H and O–H groups in total. The minimum atomic E-state index is -0.380. The molecule has 4 nitrogen and oxygen atoms in total. The average Bonchev–Trinajstić information content (AvgIpc) is 2.29. The van der Waals surface area contributed by atoms with Crippen molar-refractivity contribution in [2.24, 2.45) is 0 Å². The van der Waals surface area contributed by atoms with E-state index in [2.05, 4.69) is 10.6 Å². The Morgan fingerprint density at radius 3 is 2.94 bits per heavy atom. The molecule has 1 aromatic carbocycles. The van der Waals surface area contributed by atoms with Crippen LogP contribution in [0.3, 0.4) is 0 Å². The van der Waals surface area contributed by atoms with Gasteiger partial charge in [0.25, 0.3) is 0 Å². The first-order valence-corrected chi connectivity index (χ1v) is 5.27. The Kier molecular flexibility index (Phi) is 4.95. The highest BCUT2D eigenvalue weighted by Gasteiger charge is 2.06. The van der Waals surface area contributed by atoms with Gasteiger partial charge in [-0.05, 0) is 18.6 Å². The first kappa shape index (κ1) is 13.0. The van der Waals surface area contributed by atoms with E-state index in [1.54, 1.807) is 19.1 Å². The summed E-state index contributed by atoms with van der Waals surface area (Å²) in [6.45, 7) is 2.07. The number of nitriles is 1. The van der Waals surface area contributed by atoms with Crippen molar-refractivity contribution < 1.29 is 9.18 Å². The van der Waals surface area contributed by atoms with Crippen LogP contribution in [-0.4, -0.2) is 19.0 Å². The summed E-state index contributed by atoms with van der Waals surface area (Å²) in [4.78, 5) is 11.3. The van der Waals surface area contributed by atoms with Crippen molar-refractivity contribution in [3.8, 4) is 6.07 Å². The third-order valence-electron chi connectivity index (χ3n) is 2.21. The molecule has 0 spiro atoms. The van der Waals surface area contributed by atoms with E-state index in [4.69, 9.17) is 5.26 Å². The predicted octanol–water partition coefficient (Wildman–Crippen LogP) is 1.58. The summed E-state index contributed by atoms with van der Waals surface area (Å²) in [5, 5.41) is 13.6. The molecule has 0 bridgehead atoms. The number of carbonyl (C=O) groups excluding carboxylic acids is 1. The zero-order valence-corrected chi connectivity index (χ0v) is 9.59. The van der Waals surface area contributed by atoms with Crippen LogP contribution in [0.4, 0.5) is 10.1 Å². The average molecular weight is 235 g/mol. The van der Waals surface area contributed by atoms with Gasteiger partial charge in [0.15, 0.2) is 0 Å². The molecule has 0 saturated carbocycles. The summed E-state index contributed by atoms with van der Waals surface area (Å²) >= 11 is 0. The minimum absolute atomic E-state index is 0.00674. The Morgan fingerprint density at radius 2 is 2.29 bits per heavy atom. The first-order valence-electron chi connectivity index (χ1n) is 5.27. The molecule has 90 valence electrons. The standard InChI is InChI=1S/C12H14FN3O/c1-9-4-2-5-10(13)12(9)16-8-11(17)15-7-3-6-14/h2,4-5,16H,3,7-8H2,1H3,(H,15,17). The third kappa shape index (κ3) is 4.11. The largest absolute Gasteiger partial charge is 0.374 e. The van der Waals surface area contributed by atoms with E-state index in [0.29, 0.717) is 12.2 Å². The summed E-state index contributed by atoms with van der Waals surface area (Å²) in [5.41, 5.74) is 1.08. The van der Waals surface area contributed by atoms with E-state index >= 15 is 0 Å². The molecule has 0 unspecified atom stereocenters. The van der Waals surface area contributed by atoms with E-state index in [-0.39, 0.29) is 24.7 Å². The van der Waals surface area contributed by atoms with Gasteiger partial charge in [0, 0.05) is 6.54 Å². The second-order valence-corrected chi connectivity index (χ2v) is 3.54. The molecule has 1 aromatic rings. The van der Waals surface area contributed by atoms with Gasteiger partial charge in [-0.2, -0.15) is 5.26 Å². The lowest BCUT2D eigenvalue weighted by Crippen LogP contribution is -2.30.